The van der Waals surface area contributed by atoms with Crippen LogP contribution in [0.15, 0.2) is 12.1 Å². The van der Waals surface area contributed by atoms with E-state index in [1.807, 2.05) is 12.1 Å². The van der Waals surface area contributed by atoms with Crippen LogP contribution in [0.3, 0.4) is 0 Å². The second kappa shape index (κ2) is 9.15. The van der Waals surface area contributed by atoms with Gasteiger partial charge in [0.15, 0.2) is 5.78 Å². The SMILES string of the molecule is CCCC(CC)C12CCC(=O)C=C1c1c(cc(OCC(=N)N3CCCC3)c(Cl)c1Cl)C2. The van der Waals surface area contributed by atoms with Crippen LogP contribution >= 0.6 is 23.2 Å². The number of allylic oxidation sites excluding steroid dienone is 2. The summed E-state index contributed by atoms with van der Waals surface area (Å²) >= 11 is 13.5. The molecule has 0 bridgehead atoms. The van der Waals surface area contributed by atoms with Gasteiger partial charge in [0.1, 0.15) is 23.2 Å². The van der Waals surface area contributed by atoms with E-state index in [4.69, 9.17) is 33.3 Å². The lowest BCUT2D eigenvalue weighted by molar-refractivity contribution is -0.115. The first-order valence-corrected chi connectivity index (χ1v) is 12.4. The number of ketones is 1. The number of halogens is 2. The smallest absolute Gasteiger partial charge is 0.156 e. The molecule has 168 valence electrons. The number of likely N-dealkylation sites (tertiary alicyclic amines) is 1. The Labute approximate surface area is 195 Å². The van der Waals surface area contributed by atoms with Crippen LogP contribution in [0.25, 0.3) is 5.57 Å². The minimum absolute atomic E-state index is 0.0468. The number of carbonyl (C=O) groups is 1. The molecule has 2 unspecified atom stereocenters. The minimum atomic E-state index is -0.0468. The zero-order chi connectivity index (χ0) is 22.2. The Morgan fingerprint density at radius 1 is 1.26 bits per heavy atom. The van der Waals surface area contributed by atoms with Gasteiger partial charge >= 0.3 is 0 Å². The zero-order valence-corrected chi connectivity index (χ0v) is 20.0. The number of fused-ring (bicyclic) bond motifs is 3. The first-order chi connectivity index (χ1) is 14.9. The highest BCUT2D eigenvalue weighted by Gasteiger charge is 2.49. The molecule has 0 spiro atoms. The van der Waals surface area contributed by atoms with Crippen molar-refractivity contribution in [2.75, 3.05) is 19.7 Å². The molecular weight excluding hydrogens is 431 g/mol. The Morgan fingerprint density at radius 3 is 2.68 bits per heavy atom. The summed E-state index contributed by atoms with van der Waals surface area (Å²) in [6.45, 7) is 6.50. The van der Waals surface area contributed by atoms with Crippen molar-refractivity contribution in [3.8, 4) is 5.75 Å². The summed E-state index contributed by atoms with van der Waals surface area (Å²) in [5.74, 6) is 1.71. The normalized spacial score (nSPS) is 23.4. The Bertz CT molecular complexity index is 921. The van der Waals surface area contributed by atoms with Gasteiger partial charge in [-0.1, -0.05) is 49.9 Å². The lowest BCUT2D eigenvalue weighted by Crippen LogP contribution is -2.34. The first-order valence-electron chi connectivity index (χ1n) is 11.6. The number of hydrogen-bond acceptors (Lipinski definition) is 3. The molecule has 0 aromatic heterocycles. The minimum Gasteiger partial charge on any atom is -0.484 e. The second-order valence-corrected chi connectivity index (χ2v) is 9.97. The Hall–Kier alpha value is -1.52. The van der Waals surface area contributed by atoms with Crippen LogP contribution in [0.1, 0.15) is 69.9 Å². The predicted octanol–water partition coefficient (Wildman–Crippen LogP) is 6.56. The van der Waals surface area contributed by atoms with E-state index < -0.39 is 0 Å². The summed E-state index contributed by atoms with van der Waals surface area (Å²) in [7, 11) is 0. The summed E-state index contributed by atoms with van der Waals surface area (Å²) in [5.41, 5.74) is 3.10. The maximum absolute atomic E-state index is 12.4. The van der Waals surface area contributed by atoms with E-state index in [1.54, 1.807) is 0 Å². The van der Waals surface area contributed by atoms with Crippen LogP contribution in [-0.4, -0.2) is 36.2 Å². The van der Waals surface area contributed by atoms with Crippen molar-refractivity contribution >= 4 is 40.4 Å². The topological polar surface area (TPSA) is 53.4 Å². The third-order valence-corrected chi connectivity index (χ3v) is 8.30. The van der Waals surface area contributed by atoms with Crippen LogP contribution in [0.5, 0.6) is 5.75 Å². The lowest BCUT2D eigenvalue weighted by Gasteiger charge is -2.41. The molecule has 1 fully saturated rings. The Morgan fingerprint density at radius 2 is 2.00 bits per heavy atom. The monoisotopic (exact) mass is 462 g/mol. The Balaban J connectivity index is 1.67. The van der Waals surface area contributed by atoms with Gasteiger partial charge in [-0.2, -0.15) is 0 Å². The third-order valence-electron chi connectivity index (χ3n) is 7.45. The molecule has 1 aliphatic heterocycles. The number of carbonyl (C=O) groups excluding carboxylic acids is 1. The molecule has 0 radical (unpaired) electrons. The van der Waals surface area contributed by atoms with E-state index in [-0.39, 0.29) is 17.8 Å². The van der Waals surface area contributed by atoms with Gasteiger partial charge in [-0.15, -0.1) is 0 Å². The van der Waals surface area contributed by atoms with Crippen molar-refractivity contribution in [1.29, 1.82) is 5.41 Å². The molecule has 6 heteroatoms. The number of ether oxygens (including phenoxy) is 1. The quantitative estimate of drug-likeness (QED) is 0.368. The molecule has 2 aliphatic carbocycles. The highest BCUT2D eigenvalue weighted by Crippen LogP contribution is 2.60. The second-order valence-electron chi connectivity index (χ2n) is 9.22. The number of nitrogens with one attached hydrogen (secondary N) is 1. The van der Waals surface area contributed by atoms with Gasteiger partial charge in [0.25, 0.3) is 0 Å². The fourth-order valence-corrected chi connectivity index (χ4v) is 6.42. The summed E-state index contributed by atoms with van der Waals surface area (Å²) in [5, 5.41) is 9.17. The largest absolute Gasteiger partial charge is 0.484 e. The molecule has 31 heavy (non-hydrogen) atoms. The highest BCUT2D eigenvalue weighted by molar-refractivity contribution is 6.44. The molecular formula is C25H32Cl2N2O2. The zero-order valence-electron chi connectivity index (χ0n) is 18.5. The predicted molar refractivity (Wildman–Crippen MR) is 128 cm³/mol. The van der Waals surface area contributed by atoms with Gasteiger partial charge in [-0.05, 0) is 61.3 Å². The average molecular weight is 463 g/mol. The summed E-state index contributed by atoms with van der Waals surface area (Å²) < 4.78 is 5.99. The van der Waals surface area contributed by atoms with Gasteiger partial charge < -0.3 is 9.64 Å². The number of rotatable bonds is 7. The molecule has 4 rings (SSSR count). The maximum Gasteiger partial charge on any atom is 0.156 e. The van der Waals surface area contributed by atoms with E-state index in [0.717, 1.165) is 74.7 Å². The molecule has 0 amide bonds. The van der Waals surface area contributed by atoms with Crippen molar-refractivity contribution in [3.63, 3.8) is 0 Å². The molecule has 4 nitrogen and oxygen atoms in total. The van der Waals surface area contributed by atoms with Gasteiger partial charge in [-0.3, -0.25) is 10.2 Å². The van der Waals surface area contributed by atoms with E-state index >= 15 is 0 Å². The third kappa shape index (κ3) is 4.02. The van der Waals surface area contributed by atoms with Crippen molar-refractivity contribution in [3.05, 3.63) is 33.3 Å². The molecule has 1 saturated heterocycles. The van der Waals surface area contributed by atoms with Crippen molar-refractivity contribution < 1.29 is 9.53 Å². The van der Waals surface area contributed by atoms with Crippen LogP contribution in [0.4, 0.5) is 0 Å². The van der Waals surface area contributed by atoms with Crippen LogP contribution in [0, 0.1) is 16.7 Å². The number of nitrogens with zero attached hydrogens (tertiary/aromatic N) is 1. The number of hydrogen-bond donors (Lipinski definition) is 1. The van der Waals surface area contributed by atoms with E-state index in [9.17, 15) is 4.79 Å². The molecule has 1 heterocycles. The fourth-order valence-electron chi connectivity index (χ4n) is 5.90. The van der Waals surface area contributed by atoms with Crippen molar-refractivity contribution in [1.82, 2.24) is 4.90 Å². The molecule has 2 atom stereocenters. The number of amidine groups is 1. The molecule has 1 N–H and O–H groups in total. The summed E-state index contributed by atoms with van der Waals surface area (Å²) in [6, 6.07) is 2.00. The highest BCUT2D eigenvalue weighted by atomic mass is 35.5. The molecule has 1 aromatic rings. The summed E-state index contributed by atoms with van der Waals surface area (Å²) in [6.07, 6.45) is 9.76. The molecule has 1 aromatic carbocycles. The van der Waals surface area contributed by atoms with Crippen LogP contribution in [0.2, 0.25) is 10.0 Å². The van der Waals surface area contributed by atoms with Gasteiger partial charge in [0.05, 0.1) is 5.02 Å². The van der Waals surface area contributed by atoms with E-state index in [0.29, 0.717) is 34.0 Å². The van der Waals surface area contributed by atoms with Crippen LogP contribution in [-0.2, 0) is 11.2 Å². The maximum atomic E-state index is 12.4. The molecule has 3 aliphatic rings. The van der Waals surface area contributed by atoms with E-state index in [1.165, 1.54) is 0 Å². The van der Waals surface area contributed by atoms with Gasteiger partial charge in [0, 0.05) is 30.5 Å². The van der Waals surface area contributed by atoms with Gasteiger partial charge in [-0.25, -0.2) is 0 Å². The standard InChI is InChI=1S/C25H32Cl2N2O2/c1-3-7-17(4-2)25-9-8-18(30)13-19(25)22-16(14-25)12-20(23(26)24(22)27)31-15-21(28)29-10-5-6-11-29/h12-13,17,28H,3-11,14-15H2,1-2H3. The lowest BCUT2D eigenvalue weighted by atomic mass is 9.62. The molecule has 0 saturated carbocycles. The van der Waals surface area contributed by atoms with Crippen molar-refractivity contribution in [2.24, 2.45) is 11.3 Å². The fraction of sp³-hybridized carbons (Fsp3) is 0.600. The average Bonchev–Trinajstić information content (AvgIpc) is 3.40. The van der Waals surface area contributed by atoms with Crippen LogP contribution < -0.4 is 4.74 Å². The summed E-state index contributed by atoms with van der Waals surface area (Å²) in [4.78, 5) is 14.4. The van der Waals surface area contributed by atoms with Gasteiger partial charge in [0.2, 0.25) is 0 Å². The first kappa shape index (κ1) is 22.7. The van der Waals surface area contributed by atoms with E-state index in [2.05, 4.69) is 18.7 Å². The number of benzene rings is 1. The Kier molecular flexibility index (Phi) is 6.69. The van der Waals surface area contributed by atoms with Crippen molar-refractivity contribution in [2.45, 2.75) is 65.2 Å².